The van der Waals surface area contributed by atoms with Crippen LogP contribution in [-0.4, -0.2) is 4.98 Å². The highest BCUT2D eigenvalue weighted by molar-refractivity contribution is 9.11. The lowest BCUT2D eigenvalue weighted by atomic mass is 10.2. The largest absolute Gasteiger partial charge is 0.451 e. The summed E-state index contributed by atoms with van der Waals surface area (Å²) in [6, 6.07) is 5.35. The number of halogens is 5. The van der Waals surface area contributed by atoms with Gasteiger partial charge in [-0.3, -0.25) is 4.79 Å². The van der Waals surface area contributed by atoms with E-state index in [0.29, 0.717) is 8.95 Å². The molecule has 20 heavy (non-hydrogen) atoms. The summed E-state index contributed by atoms with van der Waals surface area (Å²) in [7, 11) is 0. The molecule has 2 rings (SSSR count). The predicted octanol–water partition coefficient (Wildman–Crippen LogP) is 4.71. The minimum atomic E-state index is -4.67. The van der Waals surface area contributed by atoms with Crippen LogP contribution in [0.25, 0.3) is 0 Å². The summed E-state index contributed by atoms with van der Waals surface area (Å²) in [5, 5.41) is 0. The van der Waals surface area contributed by atoms with E-state index in [4.69, 9.17) is 4.74 Å². The second-order valence-corrected chi connectivity index (χ2v) is 5.59. The van der Waals surface area contributed by atoms with Crippen molar-refractivity contribution in [3.05, 3.63) is 55.3 Å². The Labute approximate surface area is 128 Å². The summed E-state index contributed by atoms with van der Waals surface area (Å²) in [5.41, 5.74) is -2.08. The van der Waals surface area contributed by atoms with Gasteiger partial charge in [0.1, 0.15) is 11.3 Å². The molecule has 1 aromatic heterocycles. The zero-order chi connectivity index (χ0) is 14.9. The molecule has 0 unspecified atom stereocenters. The third-order valence-electron chi connectivity index (χ3n) is 2.28. The van der Waals surface area contributed by atoms with Gasteiger partial charge in [0.15, 0.2) is 0 Å². The van der Waals surface area contributed by atoms with Crippen LogP contribution in [0.1, 0.15) is 5.56 Å². The Balaban J connectivity index is 2.51. The summed E-state index contributed by atoms with van der Waals surface area (Å²) in [4.78, 5) is 13.7. The van der Waals surface area contributed by atoms with Gasteiger partial charge < -0.3 is 9.72 Å². The smallest absolute Gasteiger partial charge is 0.420 e. The first kappa shape index (κ1) is 15.1. The zero-order valence-electron chi connectivity index (χ0n) is 9.59. The molecule has 3 nitrogen and oxygen atoms in total. The Morgan fingerprint density at radius 1 is 1.10 bits per heavy atom. The molecule has 0 radical (unpaired) electrons. The highest BCUT2D eigenvalue weighted by atomic mass is 79.9. The number of benzene rings is 1. The number of hydrogen-bond acceptors (Lipinski definition) is 2. The lowest BCUT2D eigenvalue weighted by Crippen LogP contribution is -2.16. The molecule has 1 heterocycles. The Morgan fingerprint density at radius 2 is 1.70 bits per heavy atom. The maximum Gasteiger partial charge on any atom is 0.420 e. The molecule has 8 heteroatoms. The van der Waals surface area contributed by atoms with Crippen LogP contribution in [0.3, 0.4) is 0 Å². The maximum absolute atomic E-state index is 12.8. The van der Waals surface area contributed by atoms with Crippen LogP contribution in [0.15, 0.2) is 44.2 Å². The lowest BCUT2D eigenvalue weighted by Gasteiger charge is -2.12. The summed E-state index contributed by atoms with van der Waals surface area (Å²) < 4.78 is 44.8. The molecule has 0 spiro atoms. The van der Waals surface area contributed by atoms with Gasteiger partial charge in [-0.1, -0.05) is 31.9 Å². The molecular formula is C12H6Br2F3NO2. The van der Waals surface area contributed by atoms with E-state index in [1.165, 1.54) is 12.1 Å². The Morgan fingerprint density at radius 3 is 2.25 bits per heavy atom. The van der Waals surface area contributed by atoms with E-state index in [1.54, 1.807) is 6.07 Å². The summed E-state index contributed by atoms with van der Waals surface area (Å²) in [5.74, 6) is -0.682. The van der Waals surface area contributed by atoms with E-state index >= 15 is 0 Å². The van der Waals surface area contributed by atoms with Gasteiger partial charge in [0.25, 0.3) is 5.56 Å². The lowest BCUT2D eigenvalue weighted by molar-refractivity contribution is -0.138. The highest BCUT2D eigenvalue weighted by Gasteiger charge is 2.35. The third-order valence-corrected chi connectivity index (χ3v) is 3.19. The number of pyridine rings is 1. The molecule has 2 aromatic rings. The fourth-order valence-electron chi connectivity index (χ4n) is 1.49. The number of nitrogens with one attached hydrogen (secondary N) is 1. The Kier molecular flexibility index (Phi) is 4.24. The predicted molar refractivity (Wildman–Crippen MR) is 74.0 cm³/mol. The minimum absolute atomic E-state index is 0.105. The van der Waals surface area contributed by atoms with Gasteiger partial charge in [0, 0.05) is 15.1 Å². The molecule has 0 atom stereocenters. The van der Waals surface area contributed by atoms with Gasteiger partial charge in [0.2, 0.25) is 5.75 Å². The van der Waals surface area contributed by atoms with Crippen molar-refractivity contribution in [2.24, 2.45) is 0 Å². The quantitative estimate of drug-likeness (QED) is 0.776. The number of aromatic amines is 1. The van der Waals surface area contributed by atoms with E-state index in [-0.39, 0.29) is 5.75 Å². The van der Waals surface area contributed by atoms with Crippen molar-refractivity contribution in [2.75, 3.05) is 0 Å². The molecule has 1 N–H and O–H groups in total. The summed E-state index contributed by atoms with van der Waals surface area (Å²) in [6.45, 7) is 0. The number of hydrogen-bond donors (Lipinski definition) is 1. The fraction of sp³-hybridized carbons (Fsp3) is 0.0833. The van der Waals surface area contributed by atoms with Crippen molar-refractivity contribution in [1.29, 1.82) is 0 Å². The van der Waals surface area contributed by atoms with Gasteiger partial charge in [-0.25, -0.2) is 0 Å². The first-order valence-corrected chi connectivity index (χ1v) is 6.79. The maximum atomic E-state index is 12.8. The van der Waals surface area contributed by atoms with Gasteiger partial charge in [-0.2, -0.15) is 13.2 Å². The van der Waals surface area contributed by atoms with Crippen LogP contribution in [0.2, 0.25) is 0 Å². The summed E-state index contributed by atoms with van der Waals surface area (Å²) >= 11 is 6.37. The van der Waals surface area contributed by atoms with E-state index in [2.05, 4.69) is 36.8 Å². The molecule has 0 saturated carbocycles. The number of alkyl halides is 3. The van der Waals surface area contributed by atoms with E-state index in [0.717, 1.165) is 12.3 Å². The highest BCUT2D eigenvalue weighted by Crippen LogP contribution is 2.36. The number of H-pyrrole nitrogens is 1. The number of ether oxygens (including phenoxy) is 1. The van der Waals surface area contributed by atoms with Crippen LogP contribution in [0.4, 0.5) is 13.2 Å². The van der Waals surface area contributed by atoms with Crippen LogP contribution in [0, 0.1) is 0 Å². The van der Waals surface area contributed by atoms with Gasteiger partial charge in [0.05, 0.1) is 0 Å². The molecule has 0 amide bonds. The van der Waals surface area contributed by atoms with Gasteiger partial charge in [-0.15, -0.1) is 0 Å². The molecular weight excluding hydrogens is 407 g/mol. The van der Waals surface area contributed by atoms with E-state index in [1.807, 2.05) is 0 Å². The molecule has 1 aromatic carbocycles. The molecule has 0 saturated heterocycles. The van der Waals surface area contributed by atoms with Crippen LogP contribution in [-0.2, 0) is 6.18 Å². The summed E-state index contributed by atoms with van der Waals surface area (Å²) in [6.07, 6.45) is -3.75. The van der Waals surface area contributed by atoms with Gasteiger partial charge >= 0.3 is 6.18 Å². The van der Waals surface area contributed by atoms with Gasteiger partial charge in [-0.05, 0) is 24.3 Å². The second kappa shape index (κ2) is 5.61. The van der Waals surface area contributed by atoms with Crippen LogP contribution in [0.5, 0.6) is 11.5 Å². The Hall–Kier alpha value is -1.28. The zero-order valence-corrected chi connectivity index (χ0v) is 12.8. The normalized spacial score (nSPS) is 11.4. The van der Waals surface area contributed by atoms with Crippen molar-refractivity contribution in [1.82, 2.24) is 4.98 Å². The van der Waals surface area contributed by atoms with Crippen molar-refractivity contribution in [2.45, 2.75) is 6.18 Å². The molecule has 0 aliphatic rings. The van der Waals surface area contributed by atoms with E-state index in [9.17, 15) is 18.0 Å². The molecule has 0 aliphatic carbocycles. The second-order valence-electron chi connectivity index (χ2n) is 3.75. The first-order chi connectivity index (χ1) is 9.27. The van der Waals surface area contributed by atoms with Crippen LogP contribution >= 0.6 is 31.9 Å². The third kappa shape index (κ3) is 3.43. The van der Waals surface area contributed by atoms with Crippen LogP contribution < -0.4 is 10.3 Å². The van der Waals surface area contributed by atoms with E-state index < -0.39 is 23.0 Å². The molecule has 106 valence electrons. The fourth-order valence-corrected chi connectivity index (χ4v) is 2.75. The van der Waals surface area contributed by atoms with Crippen molar-refractivity contribution in [3.8, 4) is 11.5 Å². The number of aromatic nitrogens is 1. The van der Waals surface area contributed by atoms with Crippen molar-refractivity contribution >= 4 is 31.9 Å². The average molecular weight is 413 g/mol. The minimum Gasteiger partial charge on any atom is -0.451 e. The standard InChI is InChI=1S/C12H6Br2F3NO2/c13-6-3-7(14)5-8(4-6)20-10-9(12(15,16)17)1-2-18-11(10)19/h1-5H,(H,18,19). The number of rotatable bonds is 2. The van der Waals surface area contributed by atoms with Crippen molar-refractivity contribution in [3.63, 3.8) is 0 Å². The molecule has 0 aliphatic heterocycles. The first-order valence-electron chi connectivity index (χ1n) is 5.20. The van der Waals surface area contributed by atoms with Crippen molar-refractivity contribution < 1.29 is 17.9 Å². The average Bonchev–Trinajstić information content (AvgIpc) is 2.29. The molecule has 0 bridgehead atoms. The molecule has 0 fully saturated rings. The Bertz CT molecular complexity index is 678. The monoisotopic (exact) mass is 411 g/mol. The SMILES string of the molecule is O=c1[nH]ccc(C(F)(F)F)c1Oc1cc(Br)cc(Br)c1. The topological polar surface area (TPSA) is 42.1 Å².